The number of methoxy groups -OCH3 is 1. The summed E-state index contributed by atoms with van der Waals surface area (Å²) in [4.78, 5) is 11.9. The van der Waals surface area contributed by atoms with Crippen LogP contribution in [0, 0.1) is 5.82 Å². The molecule has 0 spiro atoms. The second kappa shape index (κ2) is 6.63. The lowest BCUT2D eigenvalue weighted by molar-refractivity contribution is -0.0262. The molecule has 0 N–H and O–H groups in total. The Morgan fingerprint density at radius 1 is 1.42 bits per heavy atom. The standard InChI is InChI=1S/C14H17FO4/c1-17-14-3-2-10(8-12(14)15)13(16)9-19-11-4-6-18-7-5-11/h2-3,8,11H,4-7,9H2,1H3. The van der Waals surface area contributed by atoms with E-state index in [1.54, 1.807) is 0 Å². The van der Waals surface area contributed by atoms with Crippen molar-refractivity contribution in [1.82, 2.24) is 0 Å². The van der Waals surface area contributed by atoms with Gasteiger partial charge in [-0.05, 0) is 31.0 Å². The molecule has 0 atom stereocenters. The molecule has 1 saturated heterocycles. The van der Waals surface area contributed by atoms with E-state index in [1.165, 1.54) is 25.3 Å². The fourth-order valence-electron chi connectivity index (χ4n) is 1.96. The Kier molecular flexibility index (Phi) is 4.87. The second-order valence-electron chi connectivity index (χ2n) is 4.40. The first-order chi connectivity index (χ1) is 9.20. The summed E-state index contributed by atoms with van der Waals surface area (Å²) in [7, 11) is 1.38. The van der Waals surface area contributed by atoms with Crippen LogP contribution in [0.1, 0.15) is 23.2 Å². The number of carbonyl (C=O) groups excluding carboxylic acids is 1. The van der Waals surface area contributed by atoms with Gasteiger partial charge >= 0.3 is 0 Å². The summed E-state index contributed by atoms with van der Waals surface area (Å²) < 4.78 is 29.0. The molecule has 1 heterocycles. The van der Waals surface area contributed by atoms with Crippen molar-refractivity contribution in [2.45, 2.75) is 18.9 Å². The maximum Gasteiger partial charge on any atom is 0.188 e. The van der Waals surface area contributed by atoms with Crippen LogP contribution < -0.4 is 4.74 Å². The minimum absolute atomic E-state index is 0.0313. The van der Waals surface area contributed by atoms with E-state index in [2.05, 4.69) is 0 Å². The number of hydrogen-bond donors (Lipinski definition) is 0. The van der Waals surface area contributed by atoms with E-state index in [4.69, 9.17) is 14.2 Å². The molecule has 1 fully saturated rings. The maximum absolute atomic E-state index is 13.5. The van der Waals surface area contributed by atoms with Gasteiger partial charge in [0.2, 0.25) is 0 Å². The van der Waals surface area contributed by atoms with Crippen molar-refractivity contribution in [3.05, 3.63) is 29.6 Å². The van der Waals surface area contributed by atoms with Gasteiger partial charge in [0.05, 0.1) is 13.2 Å². The molecular weight excluding hydrogens is 251 g/mol. The van der Waals surface area contributed by atoms with Crippen molar-refractivity contribution < 1.29 is 23.4 Å². The van der Waals surface area contributed by atoms with E-state index in [0.717, 1.165) is 12.8 Å². The van der Waals surface area contributed by atoms with Gasteiger partial charge in [0.15, 0.2) is 17.3 Å². The lowest BCUT2D eigenvalue weighted by Crippen LogP contribution is -2.25. The smallest absolute Gasteiger partial charge is 0.188 e. The van der Waals surface area contributed by atoms with Crippen LogP contribution in [-0.4, -0.2) is 38.8 Å². The van der Waals surface area contributed by atoms with Crippen LogP contribution in [0.4, 0.5) is 4.39 Å². The number of ether oxygens (including phenoxy) is 3. The molecule has 4 nitrogen and oxygen atoms in total. The van der Waals surface area contributed by atoms with Crippen LogP contribution in [0.15, 0.2) is 18.2 Å². The van der Waals surface area contributed by atoms with Crippen LogP contribution in [-0.2, 0) is 9.47 Å². The highest BCUT2D eigenvalue weighted by molar-refractivity contribution is 5.97. The highest BCUT2D eigenvalue weighted by atomic mass is 19.1. The maximum atomic E-state index is 13.5. The average Bonchev–Trinajstić information content (AvgIpc) is 2.45. The van der Waals surface area contributed by atoms with Crippen LogP contribution in [0.2, 0.25) is 0 Å². The van der Waals surface area contributed by atoms with E-state index < -0.39 is 5.82 Å². The summed E-state index contributed by atoms with van der Waals surface area (Å²) >= 11 is 0. The van der Waals surface area contributed by atoms with Gasteiger partial charge in [0.25, 0.3) is 0 Å². The fourth-order valence-corrected chi connectivity index (χ4v) is 1.96. The highest BCUT2D eigenvalue weighted by Crippen LogP contribution is 2.18. The van der Waals surface area contributed by atoms with Crippen molar-refractivity contribution >= 4 is 5.78 Å². The van der Waals surface area contributed by atoms with Gasteiger partial charge < -0.3 is 14.2 Å². The highest BCUT2D eigenvalue weighted by Gasteiger charge is 2.17. The van der Waals surface area contributed by atoms with Gasteiger partial charge in [-0.1, -0.05) is 0 Å². The largest absolute Gasteiger partial charge is 0.494 e. The van der Waals surface area contributed by atoms with Gasteiger partial charge in [-0.15, -0.1) is 0 Å². The van der Waals surface area contributed by atoms with Gasteiger partial charge in [-0.25, -0.2) is 4.39 Å². The predicted molar refractivity (Wildman–Crippen MR) is 67.1 cm³/mol. The summed E-state index contributed by atoms with van der Waals surface area (Å²) in [6.45, 7) is 1.29. The SMILES string of the molecule is COc1ccc(C(=O)COC2CCOCC2)cc1F. The number of hydrogen-bond acceptors (Lipinski definition) is 4. The molecule has 104 valence electrons. The lowest BCUT2D eigenvalue weighted by Gasteiger charge is -2.22. The average molecular weight is 268 g/mol. The zero-order valence-corrected chi connectivity index (χ0v) is 10.9. The third-order valence-electron chi connectivity index (χ3n) is 3.09. The molecular formula is C14H17FO4. The topological polar surface area (TPSA) is 44.8 Å². The van der Waals surface area contributed by atoms with E-state index >= 15 is 0 Å². The Bertz CT molecular complexity index is 441. The summed E-state index contributed by atoms with van der Waals surface area (Å²) in [5.74, 6) is -0.644. The number of rotatable bonds is 5. The first kappa shape index (κ1) is 14.0. The van der Waals surface area contributed by atoms with Crippen LogP contribution in [0.5, 0.6) is 5.75 Å². The Morgan fingerprint density at radius 2 is 2.16 bits per heavy atom. The second-order valence-corrected chi connectivity index (χ2v) is 4.40. The molecule has 0 amide bonds. The zero-order chi connectivity index (χ0) is 13.7. The first-order valence-electron chi connectivity index (χ1n) is 6.27. The van der Waals surface area contributed by atoms with Gasteiger partial charge in [0.1, 0.15) is 6.61 Å². The van der Waals surface area contributed by atoms with E-state index in [0.29, 0.717) is 18.8 Å². The van der Waals surface area contributed by atoms with E-state index in [9.17, 15) is 9.18 Å². The molecule has 2 rings (SSSR count). The quantitative estimate of drug-likeness (QED) is 0.768. The predicted octanol–water partition coefficient (Wildman–Crippen LogP) is 2.21. The number of Topliss-reactive ketones (excluding diaryl/α,β-unsaturated/α-hetero) is 1. The van der Waals surface area contributed by atoms with Gasteiger partial charge in [-0.3, -0.25) is 4.79 Å². The summed E-state index contributed by atoms with van der Waals surface area (Å²) in [6, 6.07) is 4.16. The normalized spacial score (nSPS) is 16.3. The minimum atomic E-state index is -0.542. The summed E-state index contributed by atoms with van der Waals surface area (Å²) in [5.41, 5.74) is 0.297. The molecule has 1 aromatic carbocycles. The Balaban J connectivity index is 1.90. The molecule has 0 aliphatic carbocycles. The molecule has 0 saturated carbocycles. The third-order valence-corrected chi connectivity index (χ3v) is 3.09. The summed E-state index contributed by atoms with van der Waals surface area (Å²) in [6.07, 6.45) is 1.65. The number of halogens is 1. The molecule has 1 aromatic rings. The van der Waals surface area contributed by atoms with Gasteiger partial charge in [-0.2, -0.15) is 0 Å². The molecule has 0 radical (unpaired) electrons. The Hall–Kier alpha value is -1.46. The van der Waals surface area contributed by atoms with Crippen molar-refractivity contribution in [1.29, 1.82) is 0 Å². The number of carbonyl (C=O) groups is 1. The molecule has 1 aliphatic rings. The monoisotopic (exact) mass is 268 g/mol. The molecule has 0 aromatic heterocycles. The fraction of sp³-hybridized carbons (Fsp3) is 0.500. The Labute approximate surface area is 111 Å². The van der Waals surface area contributed by atoms with Crippen molar-refractivity contribution in [3.63, 3.8) is 0 Å². The van der Waals surface area contributed by atoms with Crippen molar-refractivity contribution in [2.75, 3.05) is 26.9 Å². The first-order valence-corrected chi connectivity index (χ1v) is 6.27. The van der Waals surface area contributed by atoms with Gasteiger partial charge in [0, 0.05) is 18.8 Å². The lowest BCUT2D eigenvalue weighted by atomic mass is 10.1. The molecule has 0 bridgehead atoms. The van der Waals surface area contributed by atoms with E-state index in [-0.39, 0.29) is 24.2 Å². The molecule has 5 heteroatoms. The Morgan fingerprint density at radius 3 is 2.79 bits per heavy atom. The van der Waals surface area contributed by atoms with Crippen LogP contribution >= 0.6 is 0 Å². The number of ketones is 1. The molecule has 0 unspecified atom stereocenters. The van der Waals surface area contributed by atoms with Crippen LogP contribution in [0.3, 0.4) is 0 Å². The summed E-state index contributed by atoms with van der Waals surface area (Å²) in [5, 5.41) is 0. The number of benzene rings is 1. The molecule has 1 aliphatic heterocycles. The zero-order valence-electron chi connectivity index (χ0n) is 10.9. The van der Waals surface area contributed by atoms with Crippen molar-refractivity contribution in [2.24, 2.45) is 0 Å². The molecule has 19 heavy (non-hydrogen) atoms. The minimum Gasteiger partial charge on any atom is -0.494 e. The van der Waals surface area contributed by atoms with E-state index in [1.807, 2.05) is 0 Å². The van der Waals surface area contributed by atoms with Crippen molar-refractivity contribution in [3.8, 4) is 5.75 Å². The third kappa shape index (κ3) is 3.75. The van der Waals surface area contributed by atoms with Crippen LogP contribution in [0.25, 0.3) is 0 Å².